The molecular formula is C19H22N6O2S4. The van der Waals surface area contributed by atoms with Crippen LogP contribution in [-0.2, 0) is 17.1 Å². The molecule has 2 amide bonds. The summed E-state index contributed by atoms with van der Waals surface area (Å²) in [4.78, 5) is 24.0. The summed E-state index contributed by atoms with van der Waals surface area (Å²) >= 11 is 5.57. The van der Waals surface area contributed by atoms with Crippen molar-refractivity contribution < 1.29 is 9.59 Å². The van der Waals surface area contributed by atoms with E-state index in [1.807, 2.05) is 38.1 Å². The maximum atomic E-state index is 12.3. The van der Waals surface area contributed by atoms with Gasteiger partial charge in [0.25, 0.3) is 5.91 Å². The molecule has 0 aliphatic rings. The molecule has 0 saturated carbocycles. The van der Waals surface area contributed by atoms with Crippen molar-refractivity contribution in [1.82, 2.24) is 31.0 Å². The fourth-order valence-corrected chi connectivity index (χ4v) is 5.84. The zero-order valence-electron chi connectivity index (χ0n) is 17.1. The van der Waals surface area contributed by atoms with Crippen LogP contribution in [0.1, 0.15) is 39.3 Å². The second kappa shape index (κ2) is 12.1. The monoisotopic (exact) mass is 494 g/mol. The highest BCUT2D eigenvalue weighted by molar-refractivity contribution is 8.03. The Kier molecular flexibility index (Phi) is 9.25. The minimum absolute atomic E-state index is 0.00158. The zero-order valence-corrected chi connectivity index (χ0v) is 20.3. The molecule has 0 spiro atoms. The molecule has 12 heteroatoms. The van der Waals surface area contributed by atoms with E-state index in [0.29, 0.717) is 29.6 Å². The van der Waals surface area contributed by atoms with Crippen molar-refractivity contribution in [2.45, 2.75) is 41.2 Å². The molecule has 0 bridgehead atoms. The standard InChI is InChI=1S/C19H22N6O2S4/c1-3-8-20-14(26)10-28-18-24-25-19(31-18)29-11-15-22-23-17(30-15)16(27)21-9-13-6-4-12(2)5-7-13/h4-7H,3,8-11H2,1-2H3,(H,20,26)(H,21,27). The Balaban J connectivity index is 1.42. The van der Waals surface area contributed by atoms with Gasteiger partial charge in [-0.3, -0.25) is 9.59 Å². The van der Waals surface area contributed by atoms with Crippen LogP contribution in [0.4, 0.5) is 0 Å². The third-order valence-corrected chi connectivity index (χ3v) is 8.15. The number of carbonyl (C=O) groups excluding carboxylic acids is 2. The van der Waals surface area contributed by atoms with Crippen LogP contribution in [0, 0.1) is 6.92 Å². The molecule has 8 nitrogen and oxygen atoms in total. The van der Waals surface area contributed by atoms with Crippen LogP contribution >= 0.6 is 46.2 Å². The lowest BCUT2D eigenvalue weighted by atomic mass is 10.1. The predicted octanol–water partition coefficient (Wildman–Crippen LogP) is 3.54. The van der Waals surface area contributed by atoms with Crippen LogP contribution in [0.5, 0.6) is 0 Å². The average molecular weight is 495 g/mol. The Bertz CT molecular complexity index is 1010. The van der Waals surface area contributed by atoms with E-state index in [1.165, 1.54) is 51.8 Å². The number of benzene rings is 1. The number of amides is 2. The number of thioether (sulfide) groups is 2. The molecule has 164 valence electrons. The molecule has 0 aliphatic heterocycles. The van der Waals surface area contributed by atoms with Gasteiger partial charge < -0.3 is 10.6 Å². The number of rotatable bonds is 11. The molecule has 0 radical (unpaired) electrons. The third-order valence-electron chi connectivity index (χ3n) is 3.84. The average Bonchev–Trinajstić information content (AvgIpc) is 3.43. The third kappa shape index (κ3) is 7.87. The summed E-state index contributed by atoms with van der Waals surface area (Å²) in [6, 6.07) is 8.01. The van der Waals surface area contributed by atoms with Gasteiger partial charge in [-0.25, -0.2) is 0 Å². The number of carbonyl (C=O) groups is 2. The highest BCUT2D eigenvalue weighted by Gasteiger charge is 2.14. The number of hydrogen-bond acceptors (Lipinski definition) is 10. The topological polar surface area (TPSA) is 110 Å². The zero-order chi connectivity index (χ0) is 22.1. The van der Waals surface area contributed by atoms with Crippen LogP contribution in [-0.4, -0.2) is 44.5 Å². The van der Waals surface area contributed by atoms with Crippen molar-refractivity contribution in [2.24, 2.45) is 0 Å². The summed E-state index contributed by atoms with van der Waals surface area (Å²) < 4.78 is 1.54. The van der Waals surface area contributed by atoms with E-state index in [0.717, 1.165) is 25.7 Å². The fourth-order valence-electron chi connectivity index (χ4n) is 2.25. The highest BCUT2D eigenvalue weighted by atomic mass is 32.2. The Morgan fingerprint density at radius 2 is 1.71 bits per heavy atom. The first-order valence-electron chi connectivity index (χ1n) is 9.55. The number of aryl methyl sites for hydroxylation is 1. The lowest BCUT2D eigenvalue weighted by molar-refractivity contribution is -0.118. The number of nitrogens with zero attached hydrogens (tertiary/aromatic N) is 4. The van der Waals surface area contributed by atoms with Gasteiger partial charge in [0.1, 0.15) is 5.01 Å². The number of nitrogens with one attached hydrogen (secondary N) is 2. The van der Waals surface area contributed by atoms with E-state index in [4.69, 9.17) is 0 Å². The van der Waals surface area contributed by atoms with Gasteiger partial charge in [-0.2, -0.15) is 0 Å². The molecule has 0 saturated heterocycles. The van der Waals surface area contributed by atoms with Gasteiger partial charge in [0.2, 0.25) is 10.9 Å². The summed E-state index contributed by atoms with van der Waals surface area (Å²) in [5.74, 6) is 0.652. The molecule has 3 aromatic rings. The second-order valence-electron chi connectivity index (χ2n) is 6.43. The van der Waals surface area contributed by atoms with Gasteiger partial charge in [-0.1, -0.05) is 82.9 Å². The molecule has 1 aromatic carbocycles. The summed E-state index contributed by atoms with van der Waals surface area (Å²) in [7, 11) is 0. The highest BCUT2D eigenvalue weighted by Crippen LogP contribution is 2.31. The summed E-state index contributed by atoms with van der Waals surface area (Å²) in [6.45, 7) is 5.17. The molecule has 2 aromatic heterocycles. The van der Waals surface area contributed by atoms with Gasteiger partial charge in [0.15, 0.2) is 8.68 Å². The first kappa shape index (κ1) is 23.6. The Labute approximate surface area is 197 Å². The summed E-state index contributed by atoms with van der Waals surface area (Å²) in [5, 5.41) is 23.1. The van der Waals surface area contributed by atoms with Crippen LogP contribution in [0.15, 0.2) is 32.9 Å². The normalized spacial score (nSPS) is 10.8. The second-order valence-corrected chi connectivity index (χ2v) is 10.9. The molecule has 0 fully saturated rings. The summed E-state index contributed by atoms with van der Waals surface area (Å²) in [5.41, 5.74) is 2.21. The Morgan fingerprint density at radius 3 is 2.45 bits per heavy atom. The number of hydrogen-bond donors (Lipinski definition) is 2. The van der Waals surface area contributed by atoms with Gasteiger partial charge in [-0.05, 0) is 18.9 Å². The van der Waals surface area contributed by atoms with E-state index < -0.39 is 0 Å². The molecule has 2 heterocycles. The van der Waals surface area contributed by atoms with E-state index >= 15 is 0 Å². The van der Waals surface area contributed by atoms with Gasteiger partial charge >= 0.3 is 0 Å². The summed E-state index contributed by atoms with van der Waals surface area (Å²) in [6.07, 6.45) is 0.914. The van der Waals surface area contributed by atoms with Crippen molar-refractivity contribution in [2.75, 3.05) is 12.3 Å². The van der Waals surface area contributed by atoms with Crippen LogP contribution < -0.4 is 10.6 Å². The van der Waals surface area contributed by atoms with E-state index in [9.17, 15) is 9.59 Å². The molecule has 31 heavy (non-hydrogen) atoms. The molecular weight excluding hydrogens is 473 g/mol. The molecule has 0 aliphatic carbocycles. The fraction of sp³-hybridized carbons (Fsp3) is 0.368. The SMILES string of the molecule is CCCNC(=O)CSc1nnc(SCc2nnc(C(=O)NCc3ccc(C)cc3)s2)s1. The van der Waals surface area contributed by atoms with Crippen LogP contribution in [0.25, 0.3) is 0 Å². The van der Waals surface area contributed by atoms with Gasteiger partial charge in [0, 0.05) is 13.1 Å². The first-order valence-corrected chi connectivity index (χ1v) is 13.2. The molecule has 2 N–H and O–H groups in total. The Morgan fingerprint density at radius 1 is 0.968 bits per heavy atom. The quantitative estimate of drug-likeness (QED) is 0.390. The molecule has 0 unspecified atom stereocenters. The predicted molar refractivity (Wildman–Crippen MR) is 126 cm³/mol. The van der Waals surface area contributed by atoms with E-state index in [-0.39, 0.29) is 11.8 Å². The van der Waals surface area contributed by atoms with Crippen LogP contribution in [0.3, 0.4) is 0 Å². The smallest absolute Gasteiger partial charge is 0.282 e. The maximum absolute atomic E-state index is 12.3. The van der Waals surface area contributed by atoms with Crippen molar-refractivity contribution in [3.8, 4) is 0 Å². The minimum Gasteiger partial charge on any atom is -0.355 e. The van der Waals surface area contributed by atoms with Crippen LogP contribution in [0.2, 0.25) is 0 Å². The number of aromatic nitrogens is 4. The largest absolute Gasteiger partial charge is 0.355 e. The van der Waals surface area contributed by atoms with E-state index in [1.54, 1.807) is 0 Å². The molecule has 3 rings (SSSR count). The Hall–Kier alpha value is -2.02. The van der Waals surface area contributed by atoms with Crippen molar-refractivity contribution in [3.63, 3.8) is 0 Å². The van der Waals surface area contributed by atoms with Crippen molar-refractivity contribution in [1.29, 1.82) is 0 Å². The maximum Gasteiger partial charge on any atom is 0.282 e. The lowest BCUT2D eigenvalue weighted by Gasteiger charge is -2.03. The van der Waals surface area contributed by atoms with Gasteiger partial charge in [-0.15, -0.1) is 20.4 Å². The van der Waals surface area contributed by atoms with Crippen molar-refractivity contribution >= 4 is 58.0 Å². The van der Waals surface area contributed by atoms with Crippen molar-refractivity contribution in [3.05, 3.63) is 45.4 Å². The lowest BCUT2D eigenvalue weighted by Crippen LogP contribution is -2.25. The van der Waals surface area contributed by atoms with E-state index in [2.05, 4.69) is 31.0 Å². The first-order chi connectivity index (χ1) is 15.0. The molecule has 0 atom stereocenters. The minimum atomic E-state index is -0.231. The van der Waals surface area contributed by atoms with Gasteiger partial charge in [0.05, 0.1) is 11.5 Å².